The molecule has 0 aliphatic rings. The summed E-state index contributed by atoms with van der Waals surface area (Å²) in [5.74, 6) is -0.540. The molecule has 5 nitrogen and oxygen atoms in total. The number of sulfonamides is 1. The van der Waals surface area contributed by atoms with Gasteiger partial charge in [0.05, 0.1) is 10.7 Å². The third-order valence-corrected chi connectivity index (χ3v) is 4.87. The molecule has 2 heterocycles. The number of nitrogens with zero attached hydrogens (tertiary/aromatic N) is 2. The summed E-state index contributed by atoms with van der Waals surface area (Å²) in [5, 5.41) is 0.484. The average Bonchev–Trinajstić information content (AvgIpc) is 2.81. The Labute approximate surface area is 131 Å². The maximum Gasteiger partial charge on any atom is 0.264 e. The lowest BCUT2D eigenvalue weighted by atomic mass is 10.3. The molecule has 3 rings (SSSR count). The Kier molecular flexibility index (Phi) is 3.54. The van der Waals surface area contributed by atoms with Crippen LogP contribution in [-0.4, -0.2) is 18.0 Å². The number of hydrogen-bond donors (Lipinski definition) is 1. The zero-order chi connectivity index (χ0) is 15.9. The molecule has 0 spiro atoms. The molecule has 114 valence electrons. The van der Waals surface area contributed by atoms with Gasteiger partial charge < -0.3 is 4.57 Å². The zero-order valence-corrected chi connectivity index (χ0v) is 13.0. The predicted molar refractivity (Wildman–Crippen MR) is 82.9 cm³/mol. The van der Waals surface area contributed by atoms with Crippen molar-refractivity contribution >= 4 is 38.3 Å². The first-order valence-electron chi connectivity index (χ1n) is 6.26. The highest BCUT2D eigenvalue weighted by Crippen LogP contribution is 2.28. The molecule has 1 N–H and O–H groups in total. The van der Waals surface area contributed by atoms with E-state index in [2.05, 4.69) is 9.71 Å². The molecule has 0 radical (unpaired) electrons. The van der Waals surface area contributed by atoms with Crippen LogP contribution >= 0.6 is 11.6 Å². The van der Waals surface area contributed by atoms with E-state index < -0.39 is 15.8 Å². The van der Waals surface area contributed by atoms with Gasteiger partial charge in [-0.15, -0.1) is 0 Å². The Morgan fingerprint density at radius 1 is 1.32 bits per heavy atom. The third-order valence-electron chi connectivity index (χ3n) is 3.16. The maximum atomic E-state index is 13.0. The Balaban J connectivity index is 2.09. The fourth-order valence-corrected chi connectivity index (χ4v) is 3.76. The van der Waals surface area contributed by atoms with Crippen molar-refractivity contribution in [2.24, 2.45) is 7.05 Å². The lowest BCUT2D eigenvalue weighted by molar-refractivity contribution is 0.601. The van der Waals surface area contributed by atoms with Crippen molar-refractivity contribution in [3.05, 3.63) is 53.6 Å². The van der Waals surface area contributed by atoms with E-state index in [-0.39, 0.29) is 15.6 Å². The number of hydrogen-bond acceptors (Lipinski definition) is 3. The van der Waals surface area contributed by atoms with Crippen molar-refractivity contribution < 1.29 is 12.8 Å². The van der Waals surface area contributed by atoms with Gasteiger partial charge in [-0.3, -0.25) is 4.72 Å². The molecule has 0 aliphatic carbocycles. The van der Waals surface area contributed by atoms with Crippen LogP contribution in [0.5, 0.6) is 0 Å². The van der Waals surface area contributed by atoms with Crippen molar-refractivity contribution in [2.75, 3.05) is 4.72 Å². The van der Waals surface area contributed by atoms with E-state index in [0.717, 1.165) is 12.1 Å². The van der Waals surface area contributed by atoms with Gasteiger partial charge in [-0.1, -0.05) is 11.6 Å². The van der Waals surface area contributed by atoms with Crippen LogP contribution in [0.15, 0.2) is 47.6 Å². The molecule has 8 heteroatoms. The van der Waals surface area contributed by atoms with Crippen molar-refractivity contribution in [2.45, 2.75) is 4.90 Å². The Hall–Kier alpha value is -2.12. The molecule has 1 aromatic carbocycles. The minimum absolute atomic E-state index is 0.0121. The monoisotopic (exact) mass is 339 g/mol. The average molecular weight is 340 g/mol. The van der Waals surface area contributed by atoms with Gasteiger partial charge in [0.2, 0.25) is 0 Å². The lowest BCUT2D eigenvalue weighted by Gasteiger charge is -2.08. The first-order valence-corrected chi connectivity index (χ1v) is 8.12. The molecule has 0 saturated heterocycles. The molecule has 0 aliphatic heterocycles. The first kappa shape index (κ1) is 14.8. The van der Waals surface area contributed by atoms with Crippen molar-refractivity contribution in [1.82, 2.24) is 9.55 Å². The largest absolute Gasteiger partial charge is 0.334 e. The molecule has 3 aromatic rings. The van der Waals surface area contributed by atoms with Crippen LogP contribution < -0.4 is 4.72 Å². The number of nitrogens with one attached hydrogen (secondary N) is 1. The van der Waals surface area contributed by atoms with E-state index in [1.165, 1.54) is 12.3 Å². The van der Waals surface area contributed by atoms with E-state index in [1.54, 1.807) is 29.9 Å². The molecule has 2 aromatic heterocycles. The van der Waals surface area contributed by atoms with Crippen molar-refractivity contribution in [1.29, 1.82) is 0 Å². The molecule has 0 unspecified atom stereocenters. The van der Waals surface area contributed by atoms with Gasteiger partial charge in [-0.2, -0.15) is 0 Å². The quantitative estimate of drug-likeness (QED) is 0.797. The second-order valence-electron chi connectivity index (χ2n) is 4.71. The SMILES string of the molecule is Cn1cc(S(=O)(=O)Nc2ccc(F)cc2Cl)c2cccnc21. The fourth-order valence-electron chi connectivity index (χ4n) is 2.16. The number of anilines is 1. The van der Waals surface area contributed by atoms with Crippen molar-refractivity contribution in [3.8, 4) is 0 Å². The standard InChI is InChI=1S/C14H11ClFN3O2S/c1-19-8-13(10-3-2-6-17-14(10)19)22(20,21)18-12-5-4-9(16)7-11(12)15/h2-8,18H,1H3. The minimum Gasteiger partial charge on any atom is -0.334 e. The third kappa shape index (κ3) is 2.53. The van der Waals surface area contributed by atoms with E-state index in [1.807, 2.05) is 0 Å². The number of benzene rings is 1. The van der Waals surface area contributed by atoms with Crippen LogP contribution in [-0.2, 0) is 17.1 Å². The summed E-state index contributed by atoms with van der Waals surface area (Å²) in [7, 11) is -2.16. The first-order chi connectivity index (χ1) is 10.4. The Bertz CT molecular complexity index is 969. The molecule has 0 bridgehead atoms. The summed E-state index contributed by atoms with van der Waals surface area (Å²) in [6.45, 7) is 0. The highest BCUT2D eigenvalue weighted by Gasteiger charge is 2.21. The summed E-state index contributed by atoms with van der Waals surface area (Å²) < 4.78 is 42.2. The number of halogens is 2. The molecular weight excluding hydrogens is 329 g/mol. The summed E-state index contributed by atoms with van der Waals surface area (Å²) in [6, 6.07) is 6.78. The van der Waals surface area contributed by atoms with E-state index >= 15 is 0 Å². The van der Waals surface area contributed by atoms with Gasteiger partial charge in [0.1, 0.15) is 16.4 Å². The number of fused-ring (bicyclic) bond motifs is 1. The lowest BCUT2D eigenvalue weighted by Crippen LogP contribution is -2.13. The number of aryl methyl sites for hydroxylation is 1. The highest BCUT2D eigenvalue weighted by molar-refractivity contribution is 7.93. The number of rotatable bonds is 3. The summed E-state index contributed by atoms with van der Waals surface area (Å²) in [5.41, 5.74) is 0.664. The van der Waals surface area contributed by atoms with E-state index in [4.69, 9.17) is 11.6 Å². The van der Waals surface area contributed by atoms with Gasteiger partial charge in [0.25, 0.3) is 10.0 Å². The molecule has 0 atom stereocenters. The zero-order valence-electron chi connectivity index (χ0n) is 11.4. The fraction of sp³-hybridized carbons (Fsp3) is 0.0714. The smallest absolute Gasteiger partial charge is 0.264 e. The van der Waals surface area contributed by atoms with Crippen molar-refractivity contribution in [3.63, 3.8) is 0 Å². The van der Waals surface area contributed by atoms with Gasteiger partial charge in [-0.05, 0) is 30.3 Å². The minimum atomic E-state index is -3.87. The summed E-state index contributed by atoms with van der Waals surface area (Å²) in [6.07, 6.45) is 3.06. The van der Waals surface area contributed by atoms with Gasteiger partial charge in [-0.25, -0.2) is 17.8 Å². The van der Waals surface area contributed by atoms with Crippen LogP contribution in [0.25, 0.3) is 11.0 Å². The van der Waals surface area contributed by atoms with Crippen LogP contribution in [0.3, 0.4) is 0 Å². The molecular formula is C14H11ClFN3O2S. The highest BCUT2D eigenvalue weighted by atomic mass is 35.5. The van der Waals surface area contributed by atoms with Crippen LogP contribution in [0, 0.1) is 5.82 Å². The topological polar surface area (TPSA) is 64.0 Å². The molecule has 0 amide bonds. The molecule has 0 saturated carbocycles. The Morgan fingerprint density at radius 2 is 2.09 bits per heavy atom. The van der Waals surface area contributed by atoms with Crippen LogP contribution in [0.1, 0.15) is 0 Å². The van der Waals surface area contributed by atoms with E-state index in [9.17, 15) is 12.8 Å². The summed E-state index contributed by atoms with van der Waals surface area (Å²) >= 11 is 5.86. The Morgan fingerprint density at radius 3 is 2.82 bits per heavy atom. The summed E-state index contributed by atoms with van der Waals surface area (Å²) in [4.78, 5) is 4.23. The second kappa shape index (κ2) is 5.26. The number of aromatic nitrogens is 2. The predicted octanol–water partition coefficient (Wildman–Crippen LogP) is 3.17. The van der Waals surface area contributed by atoms with Crippen LogP contribution in [0.2, 0.25) is 5.02 Å². The van der Waals surface area contributed by atoms with Gasteiger partial charge in [0.15, 0.2) is 0 Å². The van der Waals surface area contributed by atoms with Gasteiger partial charge >= 0.3 is 0 Å². The maximum absolute atomic E-state index is 13.0. The van der Waals surface area contributed by atoms with E-state index in [0.29, 0.717) is 11.0 Å². The van der Waals surface area contributed by atoms with Crippen LogP contribution in [0.4, 0.5) is 10.1 Å². The molecule has 0 fully saturated rings. The second-order valence-corrected chi connectivity index (χ2v) is 6.77. The normalized spacial score (nSPS) is 11.8. The number of pyridine rings is 1. The molecule has 22 heavy (non-hydrogen) atoms. The van der Waals surface area contributed by atoms with Gasteiger partial charge in [0, 0.05) is 24.8 Å².